The SMILES string of the molecule is COc1cc(C2C3=C(CC(C)(C)CC3=O)Nc3nc(-c4ccccc4)nn32)ccc1OCc1ccccc1. The Morgan fingerprint density at radius 1 is 0.974 bits per heavy atom. The van der Waals surface area contributed by atoms with E-state index in [9.17, 15) is 4.79 Å². The third-order valence-electron chi connectivity index (χ3n) is 7.10. The highest BCUT2D eigenvalue weighted by molar-refractivity contribution is 6.00. The number of fused-ring (bicyclic) bond motifs is 1. The predicted molar refractivity (Wildman–Crippen MR) is 146 cm³/mol. The number of nitrogens with one attached hydrogen (secondary N) is 1. The number of aromatic nitrogens is 3. The third kappa shape index (κ3) is 4.45. The minimum absolute atomic E-state index is 0.125. The zero-order valence-electron chi connectivity index (χ0n) is 21.8. The van der Waals surface area contributed by atoms with Gasteiger partial charge in [0.2, 0.25) is 5.95 Å². The standard InChI is InChI=1S/C31H30N4O3/c1-31(2)17-23-27(24(36)18-31)28(35-30(32-23)33-29(34-35)21-12-8-5-9-13-21)22-14-15-25(26(16-22)37-3)38-19-20-10-6-4-7-11-20/h4-16,28H,17-19H2,1-3H3,(H,32,33,34). The Morgan fingerprint density at radius 2 is 1.71 bits per heavy atom. The Morgan fingerprint density at radius 3 is 2.45 bits per heavy atom. The van der Waals surface area contributed by atoms with Crippen LogP contribution in [-0.4, -0.2) is 27.7 Å². The van der Waals surface area contributed by atoms with E-state index in [4.69, 9.17) is 19.6 Å². The Labute approximate surface area is 222 Å². The zero-order valence-corrected chi connectivity index (χ0v) is 21.8. The lowest BCUT2D eigenvalue weighted by atomic mass is 9.73. The number of ether oxygens (including phenoxy) is 2. The summed E-state index contributed by atoms with van der Waals surface area (Å²) in [5.41, 5.74) is 4.40. The number of carbonyl (C=O) groups excluding carboxylic acids is 1. The first kappa shape index (κ1) is 24.0. The monoisotopic (exact) mass is 506 g/mol. The van der Waals surface area contributed by atoms with Gasteiger partial charge in [-0.25, -0.2) is 4.68 Å². The highest BCUT2D eigenvalue weighted by Gasteiger charge is 2.42. The van der Waals surface area contributed by atoms with Gasteiger partial charge in [0, 0.05) is 23.3 Å². The minimum atomic E-state index is -0.424. The molecule has 0 amide bonds. The molecule has 1 aromatic heterocycles. The number of hydrogen-bond donors (Lipinski definition) is 1. The van der Waals surface area contributed by atoms with Gasteiger partial charge in [-0.05, 0) is 35.1 Å². The third-order valence-corrected chi connectivity index (χ3v) is 7.10. The fraction of sp³-hybridized carbons (Fsp3) is 0.258. The molecular formula is C31H30N4O3. The maximum absolute atomic E-state index is 13.6. The van der Waals surface area contributed by atoms with E-state index in [0.29, 0.717) is 36.3 Å². The van der Waals surface area contributed by atoms with Gasteiger partial charge in [0.05, 0.1) is 7.11 Å². The molecule has 1 aliphatic heterocycles. The van der Waals surface area contributed by atoms with E-state index >= 15 is 0 Å². The van der Waals surface area contributed by atoms with Crippen LogP contribution in [0.5, 0.6) is 11.5 Å². The van der Waals surface area contributed by atoms with Crippen LogP contribution in [0.3, 0.4) is 0 Å². The molecule has 1 aliphatic carbocycles. The molecule has 0 fully saturated rings. The molecule has 7 nitrogen and oxygen atoms in total. The Kier molecular flexibility index (Phi) is 5.98. The first-order chi connectivity index (χ1) is 18.4. The molecule has 7 heteroatoms. The average Bonchev–Trinajstić information content (AvgIpc) is 3.35. The number of methoxy groups -OCH3 is 1. The Hall–Kier alpha value is -4.39. The summed E-state index contributed by atoms with van der Waals surface area (Å²) >= 11 is 0. The topological polar surface area (TPSA) is 78.3 Å². The number of benzene rings is 3. The average molecular weight is 507 g/mol. The summed E-state index contributed by atoms with van der Waals surface area (Å²) in [6.07, 6.45) is 1.24. The van der Waals surface area contributed by atoms with Gasteiger partial charge >= 0.3 is 0 Å². The summed E-state index contributed by atoms with van der Waals surface area (Å²) in [4.78, 5) is 18.4. The van der Waals surface area contributed by atoms with E-state index in [1.165, 1.54) is 0 Å². The maximum atomic E-state index is 13.6. The first-order valence-corrected chi connectivity index (χ1v) is 12.8. The van der Waals surface area contributed by atoms with E-state index in [-0.39, 0.29) is 11.2 Å². The molecule has 2 aliphatic rings. The number of nitrogens with zero attached hydrogens (tertiary/aromatic N) is 3. The van der Waals surface area contributed by atoms with Crippen molar-refractivity contribution in [1.82, 2.24) is 14.8 Å². The second-order valence-electron chi connectivity index (χ2n) is 10.6. The molecule has 6 rings (SSSR count). The quantitative estimate of drug-likeness (QED) is 0.336. The van der Waals surface area contributed by atoms with Crippen molar-refractivity contribution in [2.45, 2.75) is 39.3 Å². The summed E-state index contributed by atoms with van der Waals surface area (Å²) < 4.78 is 13.7. The number of anilines is 1. The van der Waals surface area contributed by atoms with Gasteiger partial charge in [0.15, 0.2) is 23.1 Å². The van der Waals surface area contributed by atoms with Gasteiger partial charge in [-0.1, -0.05) is 80.6 Å². The first-order valence-electron chi connectivity index (χ1n) is 12.8. The number of hydrogen-bond acceptors (Lipinski definition) is 6. The molecule has 2 heterocycles. The van der Waals surface area contributed by atoms with Crippen LogP contribution < -0.4 is 14.8 Å². The molecular weight excluding hydrogens is 476 g/mol. The smallest absolute Gasteiger partial charge is 0.226 e. The minimum Gasteiger partial charge on any atom is -0.493 e. The molecule has 1 atom stereocenters. The zero-order chi connectivity index (χ0) is 26.3. The van der Waals surface area contributed by atoms with E-state index < -0.39 is 6.04 Å². The summed E-state index contributed by atoms with van der Waals surface area (Å²) in [6.45, 7) is 4.68. The lowest BCUT2D eigenvalue weighted by molar-refractivity contribution is -0.118. The summed E-state index contributed by atoms with van der Waals surface area (Å²) in [5, 5.41) is 8.32. The molecule has 0 saturated carbocycles. The van der Waals surface area contributed by atoms with Crippen molar-refractivity contribution in [2.24, 2.45) is 5.41 Å². The van der Waals surface area contributed by atoms with Gasteiger partial charge in [0.25, 0.3) is 0 Å². The lowest BCUT2D eigenvalue weighted by Crippen LogP contribution is -2.36. The molecule has 1 N–H and O–H groups in total. The van der Waals surface area contributed by atoms with Crippen LogP contribution in [0.2, 0.25) is 0 Å². The van der Waals surface area contributed by atoms with Gasteiger partial charge in [-0.2, -0.15) is 4.98 Å². The van der Waals surface area contributed by atoms with Crippen LogP contribution in [0.15, 0.2) is 90.1 Å². The fourth-order valence-corrected chi connectivity index (χ4v) is 5.34. The summed E-state index contributed by atoms with van der Waals surface area (Å²) in [7, 11) is 1.63. The second kappa shape index (κ2) is 9.49. The fourth-order valence-electron chi connectivity index (χ4n) is 5.34. The molecule has 4 aromatic rings. The number of Topliss-reactive ketones (excluding diaryl/α,β-unsaturated/α-hetero) is 1. The number of carbonyl (C=O) groups is 1. The molecule has 0 spiro atoms. The highest BCUT2D eigenvalue weighted by Crippen LogP contribution is 2.46. The van der Waals surface area contributed by atoms with Crippen LogP contribution >= 0.6 is 0 Å². The molecule has 0 saturated heterocycles. The molecule has 0 radical (unpaired) electrons. The molecule has 192 valence electrons. The molecule has 1 unspecified atom stereocenters. The Balaban J connectivity index is 1.42. The summed E-state index contributed by atoms with van der Waals surface area (Å²) in [5.74, 6) is 2.61. The van der Waals surface area contributed by atoms with Crippen molar-refractivity contribution in [3.8, 4) is 22.9 Å². The normalized spacial score (nSPS) is 17.9. The van der Waals surface area contributed by atoms with Crippen molar-refractivity contribution in [1.29, 1.82) is 0 Å². The van der Waals surface area contributed by atoms with Gasteiger partial charge in [-0.3, -0.25) is 4.79 Å². The van der Waals surface area contributed by atoms with Crippen LogP contribution in [0.25, 0.3) is 11.4 Å². The molecule has 0 bridgehead atoms. The summed E-state index contributed by atoms with van der Waals surface area (Å²) in [6, 6.07) is 25.3. The largest absolute Gasteiger partial charge is 0.493 e. The van der Waals surface area contributed by atoms with Crippen LogP contribution in [0.4, 0.5) is 5.95 Å². The molecule has 38 heavy (non-hydrogen) atoms. The van der Waals surface area contributed by atoms with Crippen molar-refractivity contribution < 1.29 is 14.3 Å². The van der Waals surface area contributed by atoms with E-state index in [1.807, 2.05) is 83.5 Å². The van der Waals surface area contributed by atoms with Crippen LogP contribution in [0.1, 0.15) is 43.9 Å². The number of ketones is 1. The second-order valence-corrected chi connectivity index (χ2v) is 10.6. The van der Waals surface area contributed by atoms with Gasteiger partial charge < -0.3 is 14.8 Å². The maximum Gasteiger partial charge on any atom is 0.226 e. The van der Waals surface area contributed by atoms with Crippen molar-refractivity contribution in [2.75, 3.05) is 12.4 Å². The van der Waals surface area contributed by atoms with Crippen molar-refractivity contribution in [3.05, 3.63) is 101 Å². The number of allylic oxidation sites excluding steroid dienone is 2. The van der Waals surface area contributed by atoms with Gasteiger partial charge in [-0.15, -0.1) is 5.10 Å². The van der Waals surface area contributed by atoms with Crippen LogP contribution in [-0.2, 0) is 11.4 Å². The lowest BCUT2D eigenvalue weighted by Gasteiger charge is -2.38. The highest BCUT2D eigenvalue weighted by atomic mass is 16.5. The molecule has 3 aromatic carbocycles. The Bertz CT molecular complexity index is 1520. The number of rotatable bonds is 6. The van der Waals surface area contributed by atoms with Crippen LogP contribution in [0, 0.1) is 5.41 Å². The van der Waals surface area contributed by atoms with Crippen molar-refractivity contribution >= 4 is 11.7 Å². The van der Waals surface area contributed by atoms with Crippen molar-refractivity contribution in [3.63, 3.8) is 0 Å². The van der Waals surface area contributed by atoms with Gasteiger partial charge in [0.1, 0.15) is 12.6 Å². The van der Waals surface area contributed by atoms with E-state index in [2.05, 4.69) is 19.2 Å². The van der Waals surface area contributed by atoms with E-state index in [1.54, 1.807) is 7.11 Å². The predicted octanol–water partition coefficient (Wildman–Crippen LogP) is 6.19. The van der Waals surface area contributed by atoms with E-state index in [0.717, 1.165) is 34.4 Å².